The molecule has 31 heavy (non-hydrogen) atoms. The Hall–Kier alpha value is -2.32. The Kier molecular flexibility index (Phi) is 7.11. The maximum absolute atomic E-state index is 13.9. The molecule has 0 aliphatic carbocycles. The van der Waals surface area contributed by atoms with Crippen LogP contribution in [0.5, 0.6) is 0 Å². The third-order valence-electron chi connectivity index (χ3n) is 6.02. The van der Waals surface area contributed by atoms with Crippen molar-refractivity contribution >= 4 is 16.9 Å². The fourth-order valence-corrected chi connectivity index (χ4v) is 5.48. The van der Waals surface area contributed by atoms with Crippen LogP contribution in [0.15, 0.2) is 83.8 Å². The lowest BCUT2D eigenvalue weighted by Gasteiger charge is -2.37. The summed E-state index contributed by atoms with van der Waals surface area (Å²) in [5.41, 5.74) is 4.18. The fourth-order valence-electron chi connectivity index (χ4n) is 4.16. The van der Waals surface area contributed by atoms with Crippen LogP contribution in [0, 0.1) is 16.7 Å². The maximum atomic E-state index is 13.9. The van der Waals surface area contributed by atoms with E-state index >= 15 is 0 Å². The molecule has 0 aromatic heterocycles. The average Bonchev–Trinajstić information content (AvgIpc) is 2.73. The minimum Gasteiger partial charge on any atom is -0.286 e. The molecule has 0 radical (unpaired) electrons. The average molecular weight is 431 g/mol. The van der Waals surface area contributed by atoms with Gasteiger partial charge in [-0.25, -0.2) is 0 Å². The molecule has 3 aromatic rings. The van der Waals surface area contributed by atoms with E-state index in [9.17, 15) is 4.79 Å². The maximum Gasteiger partial charge on any atom is 0.199 e. The van der Waals surface area contributed by atoms with Gasteiger partial charge in [0.1, 0.15) is 0 Å². The molecule has 0 amide bonds. The van der Waals surface area contributed by atoms with E-state index in [1.54, 1.807) is 0 Å². The van der Waals surface area contributed by atoms with Crippen LogP contribution in [0.25, 0.3) is 22.3 Å². The summed E-state index contributed by atoms with van der Waals surface area (Å²) in [5, 5.41) is 0.248. The van der Waals surface area contributed by atoms with E-state index in [0.29, 0.717) is 0 Å². The summed E-state index contributed by atoms with van der Waals surface area (Å²) in [4.78, 5) is 14.9. The lowest BCUT2D eigenvalue weighted by molar-refractivity contribution is -0.122. The van der Waals surface area contributed by atoms with Crippen molar-refractivity contribution in [2.45, 2.75) is 52.9 Å². The summed E-state index contributed by atoms with van der Waals surface area (Å²) < 4.78 is 0. The smallest absolute Gasteiger partial charge is 0.199 e. The topological polar surface area (TPSA) is 17.1 Å². The zero-order valence-corrected chi connectivity index (χ0v) is 20.4. The highest BCUT2D eigenvalue weighted by Crippen LogP contribution is 2.47. The van der Waals surface area contributed by atoms with Crippen molar-refractivity contribution in [3.05, 3.63) is 78.9 Å². The van der Waals surface area contributed by atoms with Gasteiger partial charge in [0.05, 0.1) is 0 Å². The van der Waals surface area contributed by atoms with E-state index in [-0.39, 0.29) is 16.4 Å². The monoisotopic (exact) mass is 430 g/mol. The van der Waals surface area contributed by atoms with Crippen LogP contribution in [0.4, 0.5) is 0 Å². The van der Waals surface area contributed by atoms with Gasteiger partial charge in [-0.1, -0.05) is 132 Å². The fraction of sp³-hybridized carbons (Fsp3) is 0.345. The van der Waals surface area contributed by atoms with Gasteiger partial charge in [0.25, 0.3) is 0 Å². The molecular formula is C29H34OS. The van der Waals surface area contributed by atoms with Crippen molar-refractivity contribution in [3.8, 4) is 22.3 Å². The quantitative estimate of drug-likeness (QED) is 0.364. The largest absolute Gasteiger partial charge is 0.286 e. The first-order chi connectivity index (χ1) is 14.6. The molecule has 3 aromatic carbocycles. The Morgan fingerprint density at radius 2 is 1.19 bits per heavy atom. The van der Waals surface area contributed by atoms with E-state index < -0.39 is 5.41 Å². The van der Waals surface area contributed by atoms with Crippen molar-refractivity contribution in [2.24, 2.45) is 16.7 Å². The molecule has 0 saturated carbocycles. The van der Waals surface area contributed by atoms with E-state index in [1.807, 2.05) is 12.1 Å². The van der Waals surface area contributed by atoms with Crippen LogP contribution in [0.3, 0.4) is 0 Å². The van der Waals surface area contributed by atoms with Gasteiger partial charge in [-0.05, 0) is 40.0 Å². The number of hydrogen-bond acceptors (Lipinski definition) is 2. The number of hydrogen-bond donors (Lipinski definition) is 0. The molecule has 2 heteroatoms. The normalized spacial score (nSPS) is 13.8. The van der Waals surface area contributed by atoms with Gasteiger partial charge in [0.15, 0.2) is 5.12 Å². The predicted octanol–water partition coefficient (Wildman–Crippen LogP) is 8.74. The highest BCUT2D eigenvalue weighted by Gasteiger charge is 2.40. The van der Waals surface area contributed by atoms with Gasteiger partial charge < -0.3 is 0 Å². The van der Waals surface area contributed by atoms with Crippen molar-refractivity contribution in [3.63, 3.8) is 0 Å². The lowest BCUT2D eigenvalue weighted by Crippen LogP contribution is -2.35. The zero-order valence-electron chi connectivity index (χ0n) is 19.6. The first-order valence-corrected chi connectivity index (χ1v) is 11.9. The molecule has 1 unspecified atom stereocenters. The first kappa shape index (κ1) is 23.3. The minimum atomic E-state index is -0.402. The molecule has 3 rings (SSSR count). The van der Waals surface area contributed by atoms with Gasteiger partial charge >= 0.3 is 0 Å². The van der Waals surface area contributed by atoms with Gasteiger partial charge in [0.2, 0.25) is 0 Å². The van der Waals surface area contributed by atoms with Gasteiger partial charge in [0, 0.05) is 10.3 Å². The van der Waals surface area contributed by atoms with Crippen molar-refractivity contribution < 1.29 is 4.79 Å². The van der Waals surface area contributed by atoms with E-state index in [0.717, 1.165) is 33.6 Å². The predicted molar refractivity (Wildman–Crippen MR) is 135 cm³/mol. The molecule has 0 saturated heterocycles. The van der Waals surface area contributed by atoms with Crippen LogP contribution in [0.2, 0.25) is 0 Å². The molecule has 0 aliphatic heterocycles. The Morgan fingerprint density at radius 3 is 1.58 bits per heavy atom. The summed E-state index contributed by atoms with van der Waals surface area (Å²) >= 11 is 1.42. The second-order valence-corrected chi connectivity index (χ2v) is 11.1. The molecule has 162 valence electrons. The van der Waals surface area contributed by atoms with Crippen molar-refractivity contribution in [2.75, 3.05) is 0 Å². The molecule has 1 nitrogen and oxygen atoms in total. The standard InChI is InChI=1S/C29H34OS/c1-21(2)29(6,20-28(3,4)5)27(30)31-26-24(22-14-9-7-10-15-22)18-13-19-25(26)23-16-11-8-12-17-23/h7-19,21H,20H2,1-6H3. The Bertz CT molecular complexity index is 958. The SMILES string of the molecule is CC(C)C(C)(CC(C)(C)C)C(=O)Sc1c(-c2ccccc2)cccc1-c1ccccc1. The second kappa shape index (κ2) is 9.44. The number of thioether (sulfide) groups is 1. The number of carbonyl (C=O) groups is 1. The lowest BCUT2D eigenvalue weighted by atomic mass is 9.69. The van der Waals surface area contributed by atoms with E-state index in [1.165, 1.54) is 11.8 Å². The highest BCUT2D eigenvalue weighted by atomic mass is 32.2. The van der Waals surface area contributed by atoms with Crippen molar-refractivity contribution in [1.29, 1.82) is 0 Å². The summed E-state index contributed by atoms with van der Waals surface area (Å²) in [7, 11) is 0. The zero-order chi connectivity index (χ0) is 22.6. The number of carbonyl (C=O) groups excluding carboxylic acids is 1. The van der Waals surface area contributed by atoms with Crippen LogP contribution in [-0.2, 0) is 4.79 Å². The highest BCUT2D eigenvalue weighted by molar-refractivity contribution is 8.14. The molecule has 0 aliphatic rings. The Balaban J connectivity index is 2.13. The third kappa shape index (κ3) is 5.49. The summed E-state index contributed by atoms with van der Waals surface area (Å²) in [6.07, 6.45) is 0.859. The molecule has 0 fully saturated rings. The summed E-state index contributed by atoms with van der Waals surface area (Å²) in [6, 6.07) is 27.1. The van der Waals surface area contributed by atoms with E-state index in [4.69, 9.17) is 0 Å². The Morgan fingerprint density at radius 1 is 0.742 bits per heavy atom. The van der Waals surface area contributed by atoms with Crippen LogP contribution in [-0.4, -0.2) is 5.12 Å². The van der Waals surface area contributed by atoms with E-state index in [2.05, 4.69) is 108 Å². The van der Waals surface area contributed by atoms with Gasteiger partial charge in [-0.15, -0.1) is 0 Å². The second-order valence-electron chi connectivity index (χ2n) is 10.1. The van der Waals surface area contributed by atoms with Crippen LogP contribution >= 0.6 is 11.8 Å². The Labute approximate surface area is 192 Å². The molecule has 1 atom stereocenters. The molecule has 0 N–H and O–H groups in total. The minimum absolute atomic E-state index is 0.0798. The molecule has 0 heterocycles. The van der Waals surface area contributed by atoms with Crippen molar-refractivity contribution in [1.82, 2.24) is 0 Å². The van der Waals surface area contributed by atoms with Gasteiger partial charge in [-0.3, -0.25) is 4.79 Å². The molecule has 0 spiro atoms. The summed E-state index contributed by atoms with van der Waals surface area (Å²) in [5.74, 6) is 0.260. The van der Waals surface area contributed by atoms with Crippen LogP contribution in [0.1, 0.15) is 48.0 Å². The van der Waals surface area contributed by atoms with Gasteiger partial charge in [-0.2, -0.15) is 0 Å². The number of benzene rings is 3. The third-order valence-corrected chi connectivity index (χ3v) is 7.31. The summed E-state index contributed by atoms with van der Waals surface area (Å²) in [6.45, 7) is 13.2. The molecule has 0 bridgehead atoms. The first-order valence-electron chi connectivity index (χ1n) is 11.1. The molecular weight excluding hydrogens is 396 g/mol. The number of rotatable bonds is 6. The van der Waals surface area contributed by atoms with Crippen LogP contribution < -0.4 is 0 Å².